The Bertz CT molecular complexity index is 836. The van der Waals surface area contributed by atoms with Crippen molar-refractivity contribution in [2.45, 2.75) is 47.5 Å². The van der Waals surface area contributed by atoms with E-state index in [0.29, 0.717) is 0 Å². The normalized spacial score (nSPS) is 15.7. The molecule has 0 bridgehead atoms. The van der Waals surface area contributed by atoms with E-state index in [1.165, 1.54) is 22.4 Å². The summed E-state index contributed by atoms with van der Waals surface area (Å²) < 4.78 is 5.33. The number of aliphatic imine (C=N–C) groups is 1. The fourth-order valence-electron chi connectivity index (χ4n) is 4.17. The van der Waals surface area contributed by atoms with Crippen molar-refractivity contribution in [3.05, 3.63) is 46.3 Å². The topological polar surface area (TPSA) is 56.9 Å². The predicted octanol–water partition coefficient (Wildman–Crippen LogP) is 4.42. The maximum atomic E-state index is 5.33. The third-order valence-corrected chi connectivity index (χ3v) is 5.93. The zero-order valence-corrected chi connectivity index (χ0v) is 21.5. The van der Waals surface area contributed by atoms with Gasteiger partial charge < -0.3 is 19.6 Å². The number of rotatable bonds is 5. The van der Waals surface area contributed by atoms with E-state index in [2.05, 4.69) is 66.2 Å². The Morgan fingerprint density at radius 1 is 1.17 bits per heavy atom. The highest BCUT2D eigenvalue weighted by Gasteiger charge is 2.22. The van der Waals surface area contributed by atoms with Crippen LogP contribution in [0.25, 0.3) is 0 Å². The lowest BCUT2D eigenvalue weighted by Crippen LogP contribution is -2.52. The van der Waals surface area contributed by atoms with Crippen molar-refractivity contribution in [3.8, 4) is 0 Å². The van der Waals surface area contributed by atoms with Crippen LogP contribution in [0.3, 0.4) is 0 Å². The fraction of sp³-hybridized carbons (Fsp3) is 0.565. The van der Waals surface area contributed by atoms with Gasteiger partial charge >= 0.3 is 0 Å². The molecule has 6 nitrogen and oxygen atoms in total. The van der Waals surface area contributed by atoms with E-state index >= 15 is 0 Å². The molecule has 3 rings (SSSR count). The van der Waals surface area contributed by atoms with Crippen LogP contribution in [-0.4, -0.2) is 55.3 Å². The summed E-state index contributed by atoms with van der Waals surface area (Å²) in [5.41, 5.74) is 6.25. The zero-order valence-electron chi connectivity index (χ0n) is 19.2. The molecule has 1 unspecified atom stereocenters. The molecule has 1 aromatic carbocycles. The van der Waals surface area contributed by atoms with Gasteiger partial charge in [0.25, 0.3) is 0 Å². The van der Waals surface area contributed by atoms with Crippen LogP contribution < -0.4 is 10.2 Å². The van der Waals surface area contributed by atoms with Crippen LogP contribution >= 0.6 is 24.0 Å². The van der Waals surface area contributed by atoms with Gasteiger partial charge in [0.2, 0.25) is 0 Å². The summed E-state index contributed by atoms with van der Waals surface area (Å²) in [6, 6.07) is 6.58. The number of nitrogens with one attached hydrogen (secondary N) is 1. The highest BCUT2D eigenvalue weighted by Crippen LogP contribution is 2.25. The predicted molar refractivity (Wildman–Crippen MR) is 135 cm³/mol. The van der Waals surface area contributed by atoms with Gasteiger partial charge in [0.15, 0.2) is 5.96 Å². The van der Waals surface area contributed by atoms with Crippen LogP contribution in [0.5, 0.6) is 0 Å². The number of aromatic nitrogens is 1. The molecular formula is C23H36IN5O. The van der Waals surface area contributed by atoms with Crippen LogP contribution in [0.15, 0.2) is 27.7 Å². The number of nitrogens with zero attached hydrogens (tertiary/aromatic N) is 4. The lowest BCUT2D eigenvalue weighted by molar-refractivity contribution is 0.372. The van der Waals surface area contributed by atoms with Crippen LogP contribution in [-0.2, 0) is 0 Å². The number of anilines is 1. The van der Waals surface area contributed by atoms with E-state index in [1.807, 2.05) is 13.8 Å². The zero-order chi connectivity index (χ0) is 21.0. The highest BCUT2D eigenvalue weighted by atomic mass is 127. The summed E-state index contributed by atoms with van der Waals surface area (Å²) in [4.78, 5) is 9.82. The molecule has 1 atom stereocenters. The molecule has 0 radical (unpaired) electrons. The van der Waals surface area contributed by atoms with E-state index in [1.54, 1.807) is 0 Å². The Morgan fingerprint density at radius 2 is 1.87 bits per heavy atom. The molecule has 1 N–H and O–H groups in total. The molecule has 0 saturated carbocycles. The molecule has 0 spiro atoms. The van der Waals surface area contributed by atoms with Crippen molar-refractivity contribution >= 4 is 35.6 Å². The van der Waals surface area contributed by atoms with Crippen LogP contribution in [0, 0.1) is 27.7 Å². The van der Waals surface area contributed by atoms with Gasteiger partial charge in [0.1, 0.15) is 5.76 Å². The van der Waals surface area contributed by atoms with E-state index in [0.717, 1.165) is 56.7 Å². The second-order valence-corrected chi connectivity index (χ2v) is 8.03. The summed E-state index contributed by atoms with van der Waals surface area (Å²) in [6.07, 6.45) is 0. The molecule has 1 aliphatic heterocycles. The molecule has 0 amide bonds. The van der Waals surface area contributed by atoms with Crippen molar-refractivity contribution in [1.82, 2.24) is 15.4 Å². The standard InChI is InChI=1S/C23H35N5O.HI/c1-7-24-23(25-15-17(3)22-19(5)26-29-20(22)6)28-13-11-27(12-14-28)21-10-8-9-16(2)18(21)4;/h8-10,17H,7,11-15H2,1-6H3,(H,24,25);1H. The molecular weight excluding hydrogens is 489 g/mol. The van der Waals surface area contributed by atoms with E-state index in [-0.39, 0.29) is 29.9 Å². The van der Waals surface area contributed by atoms with Crippen molar-refractivity contribution in [1.29, 1.82) is 0 Å². The summed E-state index contributed by atoms with van der Waals surface area (Å²) in [7, 11) is 0. The first kappa shape index (κ1) is 24.5. The summed E-state index contributed by atoms with van der Waals surface area (Å²) >= 11 is 0. The van der Waals surface area contributed by atoms with Gasteiger partial charge in [0.05, 0.1) is 5.69 Å². The van der Waals surface area contributed by atoms with Gasteiger partial charge in [-0.15, -0.1) is 24.0 Å². The van der Waals surface area contributed by atoms with Gasteiger partial charge in [-0.05, 0) is 51.8 Å². The van der Waals surface area contributed by atoms with Crippen LogP contribution in [0.1, 0.15) is 47.9 Å². The molecule has 7 heteroatoms. The molecule has 30 heavy (non-hydrogen) atoms. The number of hydrogen-bond donors (Lipinski definition) is 1. The largest absolute Gasteiger partial charge is 0.368 e. The molecule has 2 aromatic rings. The van der Waals surface area contributed by atoms with Gasteiger partial charge in [-0.3, -0.25) is 4.99 Å². The van der Waals surface area contributed by atoms with Gasteiger partial charge in [-0.25, -0.2) is 0 Å². The van der Waals surface area contributed by atoms with Crippen molar-refractivity contribution in [3.63, 3.8) is 0 Å². The van der Waals surface area contributed by atoms with Gasteiger partial charge in [-0.2, -0.15) is 0 Å². The van der Waals surface area contributed by atoms with Crippen molar-refractivity contribution in [2.24, 2.45) is 4.99 Å². The quantitative estimate of drug-likeness (QED) is 0.356. The SMILES string of the molecule is CCNC(=NCC(C)c1c(C)noc1C)N1CCN(c2cccc(C)c2C)CC1.I. The maximum absolute atomic E-state index is 5.33. The van der Waals surface area contributed by atoms with E-state index in [4.69, 9.17) is 9.52 Å². The second-order valence-electron chi connectivity index (χ2n) is 8.03. The van der Waals surface area contributed by atoms with Crippen molar-refractivity contribution < 1.29 is 4.52 Å². The number of aryl methyl sites for hydroxylation is 3. The lowest BCUT2D eigenvalue weighted by Gasteiger charge is -2.38. The lowest BCUT2D eigenvalue weighted by atomic mass is 10.00. The molecule has 166 valence electrons. The fourth-order valence-corrected chi connectivity index (χ4v) is 4.17. The monoisotopic (exact) mass is 525 g/mol. The number of hydrogen-bond acceptors (Lipinski definition) is 4. The Balaban J connectivity index is 0.00000320. The Kier molecular flexibility index (Phi) is 9.00. The Hall–Kier alpha value is -1.77. The summed E-state index contributed by atoms with van der Waals surface area (Å²) in [6.45, 7) is 18.3. The van der Waals surface area contributed by atoms with Gasteiger partial charge in [-0.1, -0.05) is 24.2 Å². The van der Waals surface area contributed by atoms with E-state index < -0.39 is 0 Å². The molecule has 1 fully saturated rings. The first-order valence-corrected chi connectivity index (χ1v) is 10.7. The smallest absolute Gasteiger partial charge is 0.194 e. The minimum absolute atomic E-state index is 0. The van der Waals surface area contributed by atoms with Crippen molar-refractivity contribution in [2.75, 3.05) is 44.2 Å². The first-order chi connectivity index (χ1) is 13.9. The molecule has 1 aliphatic rings. The minimum atomic E-state index is 0. The van der Waals surface area contributed by atoms with Crippen LogP contribution in [0.2, 0.25) is 0 Å². The number of piperazine rings is 1. The number of benzene rings is 1. The maximum Gasteiger partial charge on any atom is 0.194 e. The van der Waals surface area contributed by atoms with Gasteiger partial charge in [0, 0.05) is 56.4 Å². The second kappa shape index (κ2) is 11.0. The highest BCUT2D eigenvalue weighted by molar-refractivity contribution is 14.0. The first-order valence-electron chi connectivity index (χ1n) is 10.7. The average molecular weight is 525 g/mol. The number of guanidine groups is 1. The summed E-state index contributed by atoms with van der Waals surface area (Å²) in [5.74, 6) is 2.19. The third-order valence-electron chi connectivity index (χ3n) is 5.93. The summed E-state index contributed by atoms with van der Waals surface area (Å²) in [5, 5.41) is 7.56. The average Bonchev–Trinajstić information content (AvgIpc) is 3.05. The molecule has 2 heterocycles. The Labute approximate surface area is 198 Å². The number of halogens is 1. The van der Waals surface area contributed by atoms with E-state index in [9.17, 15) is 0 Å². The molecule has 0 aliphatic carbocycles. The molecule has 1 saturated heterocycles. The minimum Gasteiger partial charge on any atom is -0.368 e. The molecule has 1 aromatic heterocycles. The van der Waals surface area contributed by atoms with Crippen LogP contribution in [0.4, 0.5) is 5.69 Å². The Morgan fingerprint density at radius 3 is 2.47 bits per heavy atom. The third kappa shape index (κ3) is 5.47.